The number of nitrogens with one attached hydrogen (secondary N) is 1. The van der Waals surface area contributed by atoms with Gasteiger partial charge in [0.25, 0.3) is 5.56 Å². The fraction of sp³-hybridized carbons (Fsp3) is 0.276. The first-order chi connectivity index (χ1) is 17.7. The molecule has 37 heavy (non-hydrogen) atoms. The monoisotopic (exact) mass is 612 g/mol. The molecule has 0 unspecified atom stereocenters. The molecule has 0 radical (unpaired) electrons. The van der Waals surface area contributed by atoms with Crippen molar-refractivity contribution >= 4 is 39.5 Å². The first-order valence-corrected chi connectivity index (χ1v) is 13.2. The third kappa shape index (κ3) is 4.74. The topological polar surface area (TPSA) is 81.3 Å². The largest absolute Gasteiger partial charge is 0.422 e. The van der Waals surface area contributed by atoms with E-state index in [4.69, 9.17) is 4.42 Å². The van der Waals surface area contributed by atoms with E-state index in [1.54, 1.807) is 30.7 Å². The van der Waals surface area contributed by atoms with E-state index in [1.807, 2.05) is 53.8 Å². The second-order valence-corrected chi connectivity index (χ2v) is 10.8. The van der Waals surface area contributed by atoms with Crippen molar-refractivity contribution < 1.29 is 13.6 Å². The Bertz CT molecular complexity index is 1680. The van der Waals surface area contributed by atoms with Crippen LogP contribution in [0.15, 0.2) is 56.5 Å². The van der Waals surface area contributed by atoms with Gasteiger partial charge >= 0.3 is 5.63 Å². The first-order valence-electron chi connectivity index (χ1n) is 12.1. The smallest absolute Gasteiger partial charge is 0.339 e. The maximum Gasteiger partial charge on any atom is 0.339 e. The molecule has 2 heterocycles. The van der Waals surface area contributed by atoms with Crippen molar-refractivity contribution in [3.05, 3.63) is 101 Å². The molecule has 0 saturated heterocycles. The normalized spacial score (nSPS) is 13.2. The summed E-state index contributed by atoms with van der Waals surface area (Å²) < 4.78 is 23.2. The van der Waals surface area contributed by atoms with Crippen LogP contribution in [0.1, 0.15) is 46.8 Å². The number of fused-ring (bicyclic) bond motifs is 1. The molecular formula is C29H26FIN2O4. The number of likely N-dealkylation sites (N-methyl/N-ethyl adjacent to an activating group) is 1. The minimum atomic E-state index is -0.556. The molecule has 8 heteroatoms. The lowest BCUT2D eigenvalue weighted by Crippen LogP contribution is -2.25. The van der Waals surface area contributed by atoms with Gasteiger partial charge in [0.15, 0.2) is 5.58 Å². The van der Waals surface area contributed by atoms with Crippen LogP contribution in [0.2, 0.25) is 0 Å². The van der Waals surface area contributed by atoms with E-state index in [-0.39, 0.29) is 41.8 Å². The fourth-order valence-electron chi connectivity index (χ4n) is 4.93. The molecule has 4 aromatic rings. The molecule has 190 valence electrons. The van der Waals surface area contributed by atoms with Crippen LogP contribution in [0.25, 0.3) is 22.1 Å². The molecule has 1 aliphatic carbocycles. The number of carbonyl (C=O) groups excluding carboxylic acids is 1. The summed E-state index contributed by atoms with van der Waals surface area (Å²) in [5.74, 6) is -0.505. The molecular weight excluding hydrogens is 586 g/mol. The first kappa shape index (κ1) is 25.4. The SMILES string of the molecule is CNC(=O)Cc1cccc(-c2c(C)n(C3CC3)c(=O)c3c(Cc4ccc(I)cc4F)c(C)c(=O)oc23)c1. The summed E-state index contributed by atoms with van der Waals surface area (Å²) in [7, 11) is 1.59. The van der Waals surface area contributed by atoms with E-state index < -0.39 is 5.63 Å². The number of carbonyl (C=O) groups is 1. The Morgan fingerprint density at radius 3 is 2.59 bits per heavy atom. The highest BCUT2D eigenvalue weighted by Gasteiger charge is 2.31. The van der Waals surface area contributed by atoms with Gasteiger partial charge in [0.2, 0.25) is 5.91 Å². The molecule has 5 rings (SSSR count). The van der Waals surface area contributed by atoms with Crippen LogP contribution in [0.5, 0.6) is 0 Å². The van der Waals surface area contributed by atoms with Gasteiger partial charge < -0.3 is 14.3 Å². The number of nitrogens with zero attached hydrogens (tertiary/aromatic N) is 1. The zero-order valence-electron chi connectivity index (χ0n) is 20.8. The quantitative estimate of drug-likeness (QED) is 0.304. The van der Waals surface area contributed by atoms with E-state index >= 15 is 0 Å². The van der Waals surface area contributed by atoms with Gasteiger partial charge in [0, 0.05) is 39.9 Å². The molecule has 0 aliphatic heterocycles. The predicted molar refractivity (Wildman–Crippen MR) is 150 cm³/mol. The number of amides is 1. The summed E-state index contributed by atoms with van der Waals surface area (Å²) in [6, 6.07) is 12.5. The Morgan fingerprint density at radius 2 is 1.92 bits per heavy atom. The summed E-state index contributed by atoms with van der Waals surface area (Å²) in [5.41, 5.74) is 3.49. The van der Waals surface area contributed by atoms with Crippen LogP contribution in [0.4, 0.5) is 4.39 Å². The zero-order valence-corrected chi connectivity index (χ0v) is 22.9. The zero-order chi connectivity index (χ0) is 26.4. The van der Waals surface area contributed by atoms with Crippen molar-refractivity contribution in [1.29, 1.82) is 0 Å². The van der Waals surface area contributed by atoms with Crippen molar-refractivity contribution in [3.63, 3.8) is 0 Å². The van der Waals surface area contributed by atoms with Gasteiger partial charge in [-0.1, -0.05) is 30.3 Å². The number of rotatable bonds is 6. The number of hydrogen-bond acceptors (Lipinski definition) is 4. The van der Waals surface area contributed by atoms with E-state index in [0.29, 0.717) is 33.3 Å². The number of halogens is 2. The van der Waals surface area contributed by atoms with Crippen molar-refractivity contribution in [2.45, 2.75) is 45.6 Å². The predicted octanol–water partition coefficient (Wildman–Crippen LogP) is 5.20. The van der Waals surface area contributed by atoms with Crippen LogP contribution < -0.4 is 16.5 Å². The molecule has 1 N–H and O–H groups in total. The Balaban J connectivity index is 1.82. The summed E-state index contributed by atoms with van der Waals surface area (Å²) >= 11 is 2.05. The van der Waals surface area contributed by atoms with E-state index in [1.165, 1.54) is 6.07 Å². The Labute approximate surface area is 226 Å². The maximum atomic E-state index is 14.9. The van der Waals surface area contributed by atoms with E-state index in [2.05, 4.69) is 5.32 Å². The van der Waals surface area contributed by atoms with E-state index in [0.717, 1.165) is 27.5 Å². The molecule has 2 aromatic carbocycles. The third-order valence-electron chi connectivity index (χ3n) is 7.02. The Morgan fingerprint density at radius 1 is 1.16 bits per heavy atom. The van der Waals surface area contributed by atoms with Crippen LogP contribution in [-0.2, 0) is 17.6 Å². The van der Waals surface area contributed by atoms with Gasteiger partial charge in [-0.15, -0.1) is 0 Å². The summed E-state index contributed by atoms with van der Waals surface area (Å²) in [4.78, 5) is 39.0. The summed E-state index contributed by atoms with van der Waals surface area (Å²) in [6.07, 6.45) is 2.07. The third-order valence-corrected chi connectivity index (χ3v) is 7.69. The second kappa shape index (κ2) is 9.89. The molecule has 1 amide bonds. The van der Waals surface area contributed by atoms with Crippen molar-refractivity contribution in [1.82, 2.24) is 9.88 Å². The standard InChI is InChI=1S/C29H26FIN2O4/c1-15-22(13-18-7-8-20(31)14-23(18)30)26-27(37-29(15)36)25(16(2)33(28(26)35)21-9-10-21)19-6-4-5-17(11-19)12-24(34)32-3/h4-8,11,14,21H,9-10,12-13H2,1-3H3,(H,32,34). The highest BCUT2D eigenvalue weighted by Crippen LogP contribution is 2.40. The lowest BCUT2D eigenvalue weighted by Gasteiger charge is -2.19. The lowest BCUT2D eigenvalue weighted by atomic mass is 9.93. The van der Waals surface area contributed by atoms with Crippen molar-refractivity contribution in [2.75, 3.05) is 7.05 Å². The van der Waals surface area contributed by atoms with Crippen LogP contribution in [0, 0.1) is 23.2 Å². The van der Waals surface area contributed by atoms with Gasteiger partial charge in [0.05, 0.1) is 11.8 Å². The van der Waals surface area contributed by atoms with Gasteiger partial charge in [0.1, 0.15) is 5.82 Å². The molecule has 6 nitrogen and oxygen atoms in total. The molecule has 0 spiro atoms. The number of benzene rings is 2. The Hall–Kier alpha value is -3.27. The molecule has 0 atom stereocenters. The minimum Gasteiger partial charge on any atom is -0.422 e. The van der Waals surface area contributed by atoms with E-state index in [9.17, 15) is 18.8 Å². The second-order valence-electron chi connectivity index (χ2n) is 9.53. The maximum absolute atomic E-state index is 14.9. The highest BCUT2D eigenvalue weighted by molar-refractivity contribution is 14.1. The molecule has 2 aromatic heterocycles. The van der Waals surface area contributed by atoms with Crippen LogP contribution >= 0.6 is 22.6 Å². The minimum absolute atomic E-state index is 0.0693. The van der Waals surface area contributed by atoms with Crippen molar-refractivity contribution in [3.8, 4) is 11.1 Å². The molecule has 1 saturated carbocycles. The number of hydrogen-bond donors (Lipinski definition) is 1. The average Bonchev–Trinajstić information content (AvgIpc) is 3.69. The molecule has 1 aliphatic rings. The summed E-state index contributed by atoms with van der Waals surface area (Å²) in [6.45, 7) is 3.48. The average molecular weight is 612 g/mol. The molecule has 0 bridgehead atoms. The summed E-state index contributed by atoms with van der Waals surface area (Å²) in [5, 5.41) is 2.94. The van der Waals surface area contributed by atoms with Gasteiger partial charge in [-0.2, -0.15) is 0 Å². The van der Waals surface area contributed by atoms with Gasteiger partial charge in [-0.25, -0.2) is 9.18 Å². The molecule has 1 fully saturated rings. The van der Waals surface area contributed by atoms with Crippen molar-refractivity contribution in [2.24, 2.45) is 0 Å². The van der Waals surface area contributed by atoms with Crippen LogP contribution in [-0.4, -0.2) is 17.5 Å². The fourth-order valence-corrected chi connectivity index (χ4v) is 5.38. The van der Waals surface area contributed by atoms with Gasteiger partial charge in [-0.3, -0.25) is 9.59 Å². The van der Waals surface area contributed by atoms with Gasteiger partial charge in [-0.05, 0) is 83.7 Å². The van der Waals surface area contributed by atoms with Crippen LogP contribution in [0.3, 0.4) is 0 Å². The number of aromatic nitrogens is 1. The Kier molecular flexibility index (Phi) is 6.78. The lowest BCUT2D eigenvalue weighted by molar-refractivity contribution is -0.119. The number of pyridine rings is 1. The highest BCUT2D eigenvalue weighted by atomic mass is 127.